The Morgan fingerprint density at radius 2 is 0.957 bits per heavy atom. The fourth-order valence-corrected chi connectivity index (χ4v) is 8.15. The van der Waals surface area contributed by atoms with Gasteiger partial charge in [0.15, 0.2) is 0 Å². The maximum Gasteiger partial charge on any atom is 0.141 e. The molecule has 1 aromatic heterocycles. The van der Waals surface area contributed by atoms with Gasteiger partial charge in [0.05, 0.1) is 11.1 Å². The molecule has 0 atom stereocenters. The van der Waals surface area contributed by atoms with E-state index >= 15 is 0 Å². The third-order valence-corrected chi connectivity index (χ3v) is 9.96. The van der Waals surface area contributed by atoms with E-state index in [1.54, 1.807) is 0 Å². The number of nitrogens with zero attached hydrogens (tertiary/aromatic N) is 1. The molecule has 0 bridgehead atoms. The van der Waals surface area contributed by atoms with Crippen LogP contribution in [0.2, 0.25) is 0 Å². The summed E-state index contributed by atoms with van der Waals surface area (Å²) in [5, 5.41) is 9.18. The molecule has 1 aliphatic carbocycles. The van der Waals surface area contributed by atoms with Crippen LogP contribution in [-0.4, -0.2) is 5.16 Å². The molecule has 8 aromatic rings. The molecule has 0 N–H and O–H groups in total. The summed E-state index contributed by atoms with van der Waals surface area (Å²) < 4.78 is 5.70. The first kappa shape index (κ1) is 26.7. The van der Waals surface area contributed by atoms with Gasteiger partial charge in [-0.3, -0.25) is 0 Å². The summed E-state index contributed by atoms with van der Waals surface area (Å²) in [4.78, 5) is 0. The summed E-state index contributed by atoms with van der Waals surface area (Å²) in [6.45, 7) is 4.05. The van der Waals surface area contributed by atoms with E-state index in [1.165, 1.54) is 71.6 Å². The quantitative estimate of drug-likeness (QED) is 0.191. The Kier molecular flexibility index (Phi) is 5.88. The maximum absolute atomic E-state index is 5.70. The van der Waals surface area contributed by atoms with Gasteiger partial charge in [-0.25, -0.2) is 0 Å². The lowest BCUT2D eigenvalue weighted by molar-refractivity contribution is 0.393. The molecule has 0 aliphatic heterocycles. The van der Waals surface area contributed by atoms with Crippen molar-refractivity contribution in [3.05, 3.63) is 185 Å². The zero-order chi connectivity index (χ0) is 30.8. The Labute approximate surface area is 268 Å². The second-order valence-corrected chi connectivity index (χ2v) is 12.3. The molecule has 2 heteroatoms. The van der Waals surface area contributed by atoms with Crippen molar-refractivity contribution in [3.63, 3.8) is 0 Å². The minimum atomic E-state index is -0.452. The normalized spacial score (nSPS) is 13.2. The summed E-state index contributed by atoms with van der Waals surface area (Å²) in [6, 6.07) is 55.7. The van der Waals surface area contributed by atoms with Crippen LogP contribution >= 0.6 is 0 Å². The number of fused-ring (bicyclic) bond motifs is 5. The summed E-state index contributed by atoms with van der Waals surface area (Å²) in [5.41, 5.74) is 12.9. The van der Waals surface area contributed by atoms with Crippen LogP contribution in [0.4, 0.5) is 0 Å². The highest BCUT2D eigenvalue weighted by Crippen LogP contribution is 2.57. The van der Waals surface area contributed by atoms with Crippen LogP contribution in [0.15, 0.2) is 156 Å². The van der Waals surface area contributed by atoms with Gasteiger partial charge in [0.25, 0.3) is 0 Å². The smallest absolute Gasteiger partial charge is 0.141 e. The number of hydrogen-bond acceptors (Lipinski definition) is 2. The molecule has 2 nitrogen and oxygen atoms in total. The standard InChI is InChI=1S/C44H31NO/c1-28-41(29(2)46-45-28)43-37-22-11-9-20-35(37)42(36-21-10-12-23-38(36)43)30-25-26-34-33-19-13-14-24-39(33)44(40(34)27-30,31-15-5-3-6-16-31)32-17-7-4-8-18-32/h3-27H,1-2H3. The summed E-state index contributed by atoms with van der Waals surface area (Å²) in [7, 11) is 0. The summed E-state index contributed by atoms with van der Waals surface area (Å²) >= 11 is 0. The maximum atomic E-state index is 5.70. The third kappa shape index (κ3) is 3.61. The Balaban J connectivity index is 1.41. The average Bonchev–Trinajstić information content (AvgIpc) is 3.61. The average molecular weight is 590 g/mol. The van der Waals surface area contributed by atoms with Crippen molar-refractivity contribution in [2.24, 2.45) is 0 Å². The fourth-order valence-electron chi connectivity index (χ4n) is 8.15. The second kappa shape index (κ2) is 10.2. The van der Waals surface area contributed by atoms with Gasteiger partial charge < -0.3 is 4.52 Å². The van der Waals surface area contributed by atoms with Gasteiger partial charge in [0, 0.05) is 11.1 Å². The summed E-state index contributed by atoms with van der Waals surface area (Å²) in [6.07, 6.45) is 0. The number of aryl methyl sites for hydroxylation is 2. The van der Waals surface area contributed by atoms with Crippen molar-refractivity contribution in [1.82, 2.24) is 5.16 Å². The van der Waals surface area contributed by atoms with Crippen molar-refractivity contribution in [1.29, 1.82) is 0 Å². The SMILES string of the molecule is Cc1noc(C)c1-c1c2ccccc2c(-c2ccc3c(c2)C(c2ccccc2)(c2ccccc2)c2ccccc2-3)c2ccccc12. The molecule has 218 valence electrons. The monoisotopic (exact) mass is 589 g/mol. The van der Waals surface area contributed by atoms with Crippen LogP contribution < -0.4 is 0 Å². The highest BCUT2D eigenvalue weighted by Gasteiger charge is 2.46. The van der Waals surface area contributed by atoms with Crippen molar-refractivity contribution >= 4 is 21.5 Å². The van der Waals surface area contributed by atoms with E-state index in [2.05, 4.69) is 157 Å². The highest BCUT2D eigenvalue weighted by molar-refractivity contribution is 6.21. The zero-order valence-electron chi connectivity index (χ0n) is 25.8. The Bertz CT molecular complexity index is 2320. The number of benzene rings is 7. The largest absolute Gasteiger partial charge is 0.361 e. The van der Waals surface area contributed by atoms with E-state index in [9.17, 15) is 0 Å². The zero-order valence-corrected chi connectivity index (χ0v) is 25.8. The predicted octanol–water partition coefficient (Wildman–Crippen LogP) is 11.3. The molecule has 0 unspecified atom stereocenters. The van der Waals surface area contributed by atoms with Gasteiger partial charge in [0.1, 0.15) is 5.76 Å². The van der Waals surface area contributed by atoms with Crippen LogP contribution in [0.1, 0.15) is 33.7 Å². The lowest BCUT2D eigenvalue weighted by Gasteiger charge is -2.34. The van der Waals surface area contributed by atoms with Gasteiger partial charge in [-0.15, -0.1) is 0 Å². The minimum absolute atomic E-state index is 0.452. The van der Waals surface area contributed by atoms with Crippen LogP contribution in [0, 0.1) is 13.8 Å². The van der Waals surface area contributed by atoms with Gasteiger partial charge in [-0.1, -0.05) is 151 Å². The van der Waals surface area contributed by atoms with Gasteiger partial charge in [0.2, 0.25) is 0 Å². The first-order valence-corrected chi connectivity index (χ1v) is 15.9. The second-order valence-electron chi connectivity index (χ2n) is 12.3. The fraction of sp³-hybridized carbons (Fsp3) is 0.0682. The molecular formula is C44H31NO. The molecule has 0 saturated carbocycles. The van der Waals surface area contributed by atoms with Gasteiger partial charge >= 0.3 is 0 Å². The van der Waals surface area contributed by atoms with Crippen LogP contribution in [-0.2, 0) is 5.41 Å². The number of hydrogen-bond donors (Lipinski definition) is 0. The molecule has 0 amide bonds. The van der Waals surface area contributed by atoms with Crippen molar-refractivity contribution in [2.45, 2.75) is 19.3 Å². The third-order valence-electron chi connectivity index (χ3n) is 9.96. The van der Waals surface area contributed by atoms with Crippen LogP contribution in [0.25, 0.3) is 54.9 Å². The van der Waals surface area contributed by atoms with E-state index in [0.717, 1.165) is 17.0 Å². The number of aromatic nitrogens is 1. The highest BCUT2D eigenvalue weighted by atomic mass is 16.5. The van der Waals surface area contributed by atoms with Crippen molar-refractivity contribution in [2.75, 3.05) is 0 Å². The molecular weight excluding hydrogens is 558 g/mol. The van der Waals surface area contributed by atoms with Crippen LogP contribution in [0.3, 0.4) is 0 Å². The molecule has 1 aliphatic rings. The summed E-state index contributed by atoms with van der Waals surface area (Å²) in [5.74, 6) is 0.839. The molecule has 0 fully saturated rings. The Hall–Kier alpha value is -5.73. The molecule has 0 spiro atoms. The first-order valence-electron chi connectivity index (χ1n) is 15.9. The van der Waals surface area contributed by atoms with E-state index in [0.29, 0.717) is 0 Å². The molecule has 0 saturated heterocycles. The molecule has 1 heterocycles. The van der Waals surface area contributed by atoms with Gasteiger partial charge in [-0.05, 0) is 86.0 Å². The topological polar surface area (TPSA) is 26.0 Å². The van der Waals surface area contributed by atoms with E-state index in [4.69, 9.17) is 4.52 Å². The molecule has 9 rings (SSSR count). The van der Waals surface area contributed by atoms with Gasteiger partial charge in [-0.2, -0.15) is 0 Å². The molecule has 46 heavy (non-hydrogen) atoms. The minimum Gasteiger partial charge on any atom is -0.361 e. The van der Waals surface area contributed by atoms with Crippen molar-refractivity contribution in [3.8, 4) is 33.4 Å². The molecule has 7 aromatic carbocycles. The first-order chi connectivity index (χ1) is 22.7. The van der Waals surface area contributed by atoms with E-state index < -0.39 is 5.41 Å². The Morgan fingerprint density at radius 3 is 1.52 bits per heavy atom. The van der Waals surface area contributed by atoms with E-state index in [1.807, 2.05) is 13.8 Å². The molecule has 0 radical (unpaired) electrons. The van der Waals surface area contributed by atoms with Crippen molar-refractivity contribution < 1.29 is 4.52 Å². The lowest BCUT2D eigenvalue weighted by atomic mass is 9.67. The predicted molar refractivity (Wildman–Crippen MR) is 189 cm³/mol. The Morgan fingerprint density at radius 1 is 0.457 bits per heavy atom. The number of rotatable bonds is 4. The van der Waals surface area contributed by atoms with E-state index in [-0.39, 0.29) is 0 Å². The van der Waals surface area contributed by atoms with Crippen LogP contribution in [0.5, 0.6) is 0 Å². The lowest BCUT2D eigenvalue weighted by Crippen LogP contribution is -2.28.